The molecule has 0 heterocycles. The van der Waals surface area contributed by atoms with Gasteiger partial charge in [0.25, 0.3) is 10.0 Å². The maximum absolute atomic E-state index is 14.4. The van der Waals surface area contributed by atoms with Gasteiger partial charge in [0.05, 0.1) is 17.7 Å². The van der Waals surface area contributed by atoms with Gasteiger partial charge in [0.2, 0.25) is 11.8 Å². The SMILES string of the molecule is COc1ccc(N(CC(=O)N(Cc2ccc(C)cc2)[C@H](Cc2ccccc2)C(=O)NC(C)C)S(=O)(=O)c2ccccc2)cc1. The van der Waals surface area contributed by atoms with E-state index in [1.54, 1.807) is 42.5 Å². The molecule has 0 aliphatic rings. The van der Waals surface area contributed by atoms with E-state index in [-0.39, 0.29) is 29.8 Å². The van der Waals surface area contributed by atoms with Crippen LogP contribution >= 0.6 is 0 Å². The summed E-state index contributed by atoms with van der Waals surface area (Å²) in [4.78, 5) is 29.7. The van der Waals surface area contributed by atoms with Crippen LogP contribution in [0.4, 0.5) is 5.69 Å². The second kappa shape index (κ2) is 14.7. The third-order valence-corrected chi connectivity index (χ3v) is 8.93. The fourth-order valence-electron chi connectivity index (χ4n) is 4.82. The molecular formula is C35H39N3O5S. The zero-order valence-electron chi connectivity index (χ0n) is 25.5. The van der Waals surface area contributed by atoms with Crippen molar-refractivity contribution in [3.05, 3.63) is 126 Å². The van der Waals surface area contributed by atoms with E-state index in [0.29, 0.717) is 11.4 Å². The Morgan fingerprint density at radius 2 is 1.39 bits per heavy atom. The molecule has 0 bridgehead atoms. The van der Waals surface area contributed by atoms with Crippen molar-refractivity contribution in [3.8, 4) is 5.75 Å². The molecule has 8 nitrogen and oxygen atoms in total. The maximum Gasteiger partial charge on any atom is 0.264 e. The molecule has 4 rings (SSSR count). The average Bonchev–Trinajstić information content (AvgIpc) is 3.03. The molecule has 0 saturated carbocycles. The first-order valence-electron chi connectivity index (χ1n) is 14.5. The Morgan fingerprint density at radius 1 is 0.795 bits per heavy atom. The summed E-state index contributed by atoms with van der Waals surface area (Å²) in [5.74, 6) is -0.279. The number of benzene rings is 4. The first-order valence-corrected chi connectivity index (χ1v) is 15.9. The summed E-state index contributed by atoms with van der Waals surface area (Å²) >= 11 is 0. The van der Waals surface area contributed by atoms with Gasteiger partial charge >= 0.3 is 0 Å². The molecule has 0 radical (unpaired) electrons. The van der Waals surface area contributed by atoms with Gasteiger partial charge in [-0.2, -0.15) is 0 Å². The molecule has 9 heteroatoms. The van der Waals surface area contributed by atoms with Crippen LogP contribution in [0.15, 0.2) is 114 Å². The number of aryl methyl sites for hydroxylation is 1. The molecule has 44 heavy (non-hydrogen) atoms. The van der Waals surface area contributed by atoms with E-state index < -0.39 is 28.5 Å². The van der Waals surface area contributed by atoms with Crippen LogP contribution in [0.25, 0.3) is 0 Å². The summed E-state index contributed by atoms with van der Waals surface area (Å²) in [5.41, 5.74) is 3.05. The number of rotatable bonds is 13. The fraction of sp³-hybridized carbons (Fsp3) is 0.257. The number of methoxy groups -OCH3 is 1. The number of nitrogens with zero attached hydrogens (tertiary/aromatic N) is 2. The van der Waals surface area contributed by atoms with Crippen molar-refractivity contribution in [2.24, 2.45) is 0 Å². The molecular weight excluding hydrogens is 574 g/mol. The Kier molecular flexibility index (Phi) is 10.8. The van der Waals surface area contributed by atoms with Crippen LogP contribution in [0, 0.1) is 6.92 Å². The van der Waals surface area contributed by atoms with Gasteiger partial charge in [-0.1, -0.05) is 78.4 Å². The molecule has 0 unspecified atom stereocenters. The summed E-state index contributed by atoms with van der Waals surface area (Å²) in [6.45, 7) is 5.30. The zero-order valence-corrected chi connectivity index (χ0v) is 26.3. The van der Waals surface area contributed by atoms with Crippen LogP contribution in [0.5, 0.6) is 5.75 Å². The quantitative estimate of drug-likeness (QED) is 0.219. The molecule has 1 N–H and O–H groups in total. The van der Waals surface area contributed by atoms with Crippen molar-refractivity contribution in [1.82, 2.24) is 10.2 Å². The van der Waals surface area contributed by atoms with Crippen molar-refractivity contribution in [3.63, 3.8) is 0 Å². The van der Waals surface area contributed by atoms with Crippen LogP contribution in [-0.4, -0.2) is 50.9 Å². The highest BCUT2D eigenvalue weighted by molar-refractivity contribution is 7.92. The Balaban J connectivity index is 1.79. The number of ether oxygens (including phenoxy) is 1. The number of carbonyl (C=O) groups excluding carboxylic acids is 2. The van der Waals surface area contributed by atoms with Crippen molar-refractivity contribution >= 4 is 27.5 Å². The summed E-state index contributed by atoms with van der Waals surface area (Å²) < 4.78 is 34.4. The zero-order chi connectivity index (χ0) is 31.7. The first kappa shape index (κ1) is 32.3. The normalized spacial score (nSPS) is 11.9. The molecule has 0 aromatic heterocycles. The molecule has 0 spiro atoms. The van der Waals surface area contributed by atoms with Crippen LogP contribution in [-0.2, 0) is 32.6 Å². The second-order valence-corrected chi connectivity index (χ2v) is 12.8. The predicted molar refractivity (Wildman–Crippen MR) is 173 cm³/mol. The van der Waals surface area contributed by atoms with E-state index >= 15 is 0 Å². The molecule has 0 saturated heterocycles. The molecule has 1 atom stereocenters. The van der Waals surface area contributed by atoms with E-state index in [1.807, 2.05) is 75.4 Å². The van der Waals surface area contributed by atoms with Crippen LogP contribution in [0.1, 0.15) is 30.5 Å². The summed E-state index contributed by atoms with van der Waals surface area (Å²) in [6, 6.07) is 30.6. The summed E-state index contributed by atoms with van der Waals surface area (Å²) in [5, 5.41) is 2.97. The average molecular weight is 614 g/mol. The standard InChI is InChI=1S/C35H39N3O5S/c1-26(2)36-35(40)33(23-28-11-7-5-8-12-28)37(24-29-17-15-27(3)16-18-29)34(39)25-38(30-19-21-31(43-4)22-20-30)44(41,42)32-13-9-6-10-14-32/h5-22,26,33H,23-25H2,1-4H3,(H,36,40)/t33-/m1/s1. The van der Waals surface area contributed by atoms with E-state index in [2.05, 4.69) is 5.32 Å². The minimum Gasteiger partial charge on any atom is -0.497 e. The molecule has 230 valence electrons. The smallest absolute Gasteiger partial charge is 0.264 e. The maximum atomic E-state index is 14.4. The van der Waals surface area contributed by atoms with Gasteiger partial charge < -0.3 is 15.0 Å². The van der Waals surface area contributed by atoms with E-state index in [1.165, 1.54) is 24.1 Å². The Bertz CT molecular complexity index is 1630. The number of amides is 2. The second-order valence-electron chi connectivity index (χ2n) is 10.9. The number of sulfonamides is 1. The Labute approximate surface area is 260 Å². The summed E-state index contributed by atoms with van der Waals surface area (Å²) in [6.07, 6.45) is 0.255. The van der Waals surface area contributed by atoms with Crippen molar-refractivity contribution in [2.45, 2.75) is 50.7 Å². The van der Waals surface area contributed by atoms with Crippen LogP contribution < -0.4 is 14.4 Å². The van der Waals surface area contributed by atoms with E-state index in [0.717, 1.165) is 21.0 Å². The highest BCUT2D eigenvalue weighted by Crippen LogP contribution is 2.27. The minimum absolute atomic E-state index is 0.0482. The molecule has 4 aromatic rings. The molecule has 0 aliphatic carbocycles. The summed E-state index contributed by atoms with van der Waals surface area (Å²) in [7, 11) is -2.64. The van der Waals surface area contributed by atoms with Gasteiger partial charge in [-0.25, -0.2) is 8.42 Å². The lowest BCUT2D eigenvalue weighted by atomic mass is 10.0. The predicted octanol–water partition coefficient (Wildman–Crippen LogP) is 5.36. The monoisotopic (exact) mass is 613 g/mol. The molecule has 0 fully saturated rings. The number of hydrogen-bond donors (Lipinski definition) is 1. The lowest BCUT2D eigenvalue weighted by Gasteiger charge is -2.34. The molecule has 0 aliphatic heterocycles. The number of anilines is 1. The lowest BCUT2D eigenvalue weighted by Crippen LogP contribution is -2.54. The number of hydrogen-bond acceptors (Lipinski definition) is 5. The van der Waals surface area contributed by atoms with E-state index in [9.17, 15) is 18.0 Å². The largest absolute Gasteiger partial charge is 0.497 e. The van der Waals surface area contributed by atoms with Crippen LogP contribution in [0.2, 0.25) is 0 Å². The highest BCUT2D eigenvalue weighted by atomic mass is 32.2. The Hall–Kier alpha value is -4.63. The topological polar surface area (TPSA) is 96.0 Å². The molecule has 4 aromatic carbocycles. The minimum atomic E-state index is -4.16. The number of nitrogens with one attached hydrogen (secondary N) is 1. The van der Waals surface area contributed by atoms with Crippen LogP contribution in [0.3, 0.4) is 0 Å². The highest BCUT2D eigenvalue weighted by Gasteiger charge is 2.34. The lowest BCUT2D eigenvalue weighted by molar-refractivity contribution is -0.140. The third kappa shape index (κ3) is 8.26. The Morgan fingerprint density at radius 3 is 1.95 bits per heavy atom. The first-order chi connectivity index (χ1) is 21.1. The molecule has 2 amide bonds. The van der Waals surface area contributed by atoms with Gasteiger partial charge in [0.1, 0.15) is 18.3 Å². The van der Waals surface area contributed by atoms with E-state index in [4.69, 9.17) is 4.74 Å². The van der Waals surface area contributed by atoms with Crippen molar-refractivity contribution in [2.75, 3.05) is 18.0 Å². The van der Waals surface area contributed by atoms with Gasteiger partial charge in [-0.15, -0.1) is 0 Å². The van der Waals surface area contributed by atoms with Gasteiger partial charge in [0.15, 0.2) is 0 Å². The van der Waals surface area contributed by atoms with Crippen molar-refractivity contribution < 1.29 is 22.7 Å². The fourth-order valence-corrected chi connectivity index (χ4v) is 6.26. The van der Waals surface area contributed by atoms with Gasteiger partial charge in [-0.3, -0.25) is 13.9 Å². The van der Waals surface area contributed by atoms with Crippen molar-refractivity contribution in [1.29, 1.82) is 0 Å². The number of carbonyl (C=O) groups is 2. The van der Waals surface area contributed by atoms with Gasteiger partial charge in [-0.05, 0) is 68.3 Å². The van der Waals surface area contributed by atoms with Gasteiger partial charge in [0, 0.05) is 19.0 Å². The third-order valence-electron chi connectivity index (χ3n) is 7.15.